The average Bonchev–Trinajstić information content (AvgIpc) is 2.62. The number of aliphatic hydroxyl groups excluding tert-OH is 1. The van der Waals surface area contributed by atoms with Crippen LogP contribution in [0.4, 0.5) is 10.1 Å². The summed E-state index contributed by atoms with van der Waals surface area (Å²) in [4.78, 5) is 2.17. The molecule has 2 bridgehead atoms. The van der Waals surface area contributed by atoms with E-state index in [9.17, 15) is 9.50 Å². The highest BCUT2D eigenvalue weighted by molar-refractivity contribution is 5.53. The molecule has 0 saturated carbocycles. The molecule has 2 heterocycles. The third-order valence-electron chi connectivity index (χ3n) is 4.48. The molecular weight excluding hydrogens is 243 g/mol. The SMILES string of the molecule is CC(N)c1ccc(N2C3CCC2CC(O)C3)c(F)c1. The minimum Gasteiger partial charge on any atom is -0.393 e. The quantitative estimate of drug-likeness (QED) is 0.862. The van der Waals surface area contributed by atoms with Gasteiger partial charge in [-0.1, -0.05) is 6.07 Å². The molecule has 0 amide bonds. The number of hydrogen-bond acceptors (Lipinski definition) is 3. The highest BCUT2D eigenvalue weighted by atomic mass is 19.1. The van der Waals surface area contributed by atoms with E-state index < -0.39 is 0 Å². The fourth-order valence-electron chi connectivity index (χ4n) is 3.56. The van der Waals surface area contributed by atoms with Crippen LogP contribution in [0.1, 0.15) is 44.2 Å². The normalized spacial score (nSPS) is 31.6. The lowest BCUT2D eigenvalue weighted by Crippen LogP contribution is -2.45. The van der Waals surface area contributed by atoms with Crippen LogP contribution in [-0.2, 0) is 0 Å². The molecule has 3 unspecified atom stereocenters. The van der Waals surface area contributed by atoms with Crippen LogP contribution in [0.15, 0.2) is 18.2 Å². The summed E-state index contributed by atoms with van der Waals surface area (Å²) in [7, 11) is 0. The van der Waals surface area contributed by atoms with Crippen LogP contribution in [0.2, 0.25) is 0 Å². The molecule has 2 saturated heterocycles. The van der Waals surface area contributed by atoms with Crippen LogP contribution in [0, 0.1) is 5.82 Å². The molecule has 2 aliphatic heterocycles. The highest BCUT2D eigenvalue weighted by Crippen LogP contribution is 2.40. The lowest BCUT2D eigenvalue weighted by molar-refractivity contribution is 0.126. The lowest BCUT2D eigenvalue weighted by Gasteiger charge is -2.39. The van der Waals surface area contributed by atoms with Crippen molar-refractivity contribution < 1.29 is 9.50 Å². The zero-order valence-corrected chi connectivity index (χ0v) is 11.2. The third kappa shape index (κ3) is 2.23. The van der Waals surface area contributed by atoms with E-state index in [1.165, 1.54) is 0 Å². The van der Waals surface area contributed by atoms with Gasteiger partial charge in [0.2, 0.25) is 0 Å². The Morgan fingerprint density at radius 3 is 2.47 bits per heavy atom. The Labute approximate surface area is 113 Å². The van der Waals surface area contributed by atoms with Crippen LogP contribution in [0.3, 0.4) is 0 Å². The summed E-state index contributed by atoms with van der Waals surface area (Å²) in [6.07, 6.45) is 3.39. The number of hydrogen-bond donors (Lipinski definition) is 2. The standard InChI is InChI=1S/C15H21FN2O/c1-9(17)10-2-5-15(14(16)6-10)18-11-3-4-12(18)8-13(19)7-11/h2,5-6,9,11-13,19H,3-4,7-8,17H2,1H3. The number of nitrogens with zero attached hydrogens (tertiary/aromatic N) is 1. The van der Waals surface area contributed by atoms with Crippen molar-refractivity contribution in [3.63, 3.8) is 0 Å². The van der Waals surface area contributed by atoms with Crippen molar-refractivity contribution >= 4 is 5.69 Å². The van der Waals surface area contributed by atoms with E-state index in [4.69, 9.17) is 5.73 Å². The number of nitrogens with two attached hydrogens (primary N) is 1. The summed E-state index contributed by atoms with van der Waals surface area (Å²) in [5.74, 6) is -0.192. The van der Waals surface area contributed by atoms with E-state index in [1.807, 2.05) is 19.1 Å². The van der Waals surface area contributed by atoms with Gasteiger partial charge in [-0.2, -0.15) is 0 Å². The Hall–Kier alpha value is -1.13. The molecule has 2 aliphatic rings. The summed E-state index contributed by atoms with van der Waals surface area (Å²) >= 11 is 0. The van der Waals surface area contributed by atoms with Crippen LogP contribution in [0.5, 0.6) is 0 Å². The zero-order chi connectivity index (χ0) is 13.6. The van der Waals surface area contributed by atoms with Gasteiger partial charge in [-0.05, 0) is 50.3 Å². The van der Waals surface area contributed by atoms with Crippen molar-refractivity contribution in [2.45, 2.75) is 56.8 Å². The van der Waals surface area contributed by atoms with Gasteiger partial charge < -0.3 is 15.7 Å². The smallest absolute Gasteiger partial charge is 0.146 e. The minimum atomic E-state index is -0.222. The van der Waals surface area contributed by atoms with Gasteiger partial charge >= 0.3 is 0 Å². The summed E-state index contributed by atoms with van der Waals surface area (Å²) in [6.45, 7) is 1.86. The maximum Gasteiger partial charge on any atom is 0.146 e. The van der Waals surface area contributed by atoms with Crippen molar-refractivity contribution in [3.05, 3.63) is 29.6 Å². The number of rotatable bonds is 2. The van der Waals surface area contributed by atoms with Gasteiger partial charge in [0, 0.05) is 18.1 Å². The minimum absolute atomic E-state index is 0.150. The Balaban J connectivity index is 1.91. The predicted molar refractivity (Wildman–Crippen MR) is 73.5 cm³/mol. The highest BCUT2D eigenvalue weighted by Gasteiger charge is 2.41. The molecule has 3 atom stereocenters. The molecule has 0 aliphatic carbocycles. The molecule has 4 heteroatoms. The molecule has 0 radical (unpaired) electrons. The number of halogens is 1. The molecule has 0 aromatic heterocycles. The van der Waals surface area contributed by atoms with E-state index in [2.05, 4.69) is 4.90 Å². The molecule has 1 aromatic carbocycles. The van der Waals surface area contributed by atoms with E-state index in [0.29, 0.717) is 5.69 Å². The third-order valence-corrected chi connectivity index (χ3v) is 4.48. The van der Waals surface area contributed by atoms with Crippen LogP contribution in [-0.4, -0.2) is 23.3 Å². The second-order valence-electron chi connectivity index (χ2n) is 5.92. The molecule has 0 spiro atoms. The first-order valence-electron chi connectivity index (χ1n) is 7.07. The number of aliphatic hydroxyl groups is 1. The van der Waals surface area contributed by atoms with Gasteiger partial charge in [0.15, 0.2) is 0 Å². The van der Waals surface area contributed by atoms with Crippen molar-refractivity contribution in [2.24, 2.45) is 5.73 Å². The van der Waals surface area contributed by atoms with Crippen LogP contribution < -0.4 is 10.6 Å². The first-order valence-corrected chi connectivity index (χ1v) is 7.07. The summed E-state index contributed by atoms with van der Waals surface area (Å²) < 4.78 is 14.3. The van der Waals surface area contributed by atoms with Crippen LogP contribution >= 0.6 is 0 Å². The fourth-order valence-corrected chi connectivity index (χ4v) is 3.56. The van der Waals surface area contributed by atoms with E-state index >= 15 is 0 Å². The van der Waals surface area contributed by atoms with Crippen molar-refractivity contribution in [3.8, 4) is 0 Å². The number of anilines is 1. The molecule has 19 heavy (non-hydrogen) atoms. The summed E-state index contributed by atoms with van der Waals surface area (Å²) in [5.41, 5.74) is 7.28. The van der Waals surface area contributed by atoms with Gasteiger partial charge in [-0.15, -0.1) is 0 Å². The molecule has 3 nitrogen and oxygen atoms in total. The van der Waals surface area contributed by atoms with Crippen molar-refractivity contribution in [1.29, 1.82) is 0 Å². The zero-order valence-electron chi connectivity index (χ0n) is 11.2. The maximum absolute atomic E-state index is 14.3. The average molecular weight is 264 g/mol. The van der Waals surface area contributed by atoms with Crippen molar-refractivity contribution in [1.82, 2.24) is 0 Å². The molecular formula is C15H21FN2O. The van der Waals surface area contributed by atoms with Gasteiger partial charge in [0.25, 0.3) is 0 Å². The van der Waals surface area contributed by atoms with Gasteiger partial charge in [0.1, 0.15) is 5.82 Å². The van der Waals surface area contributed by atoms with Gasteiger partial charge in [-0.3, -0.25) is 0 Å². The molecule has 104 valence electrons. The maximum atomic E-state index is 14.3. The largest absolute Gasteiger partial charge is 0.393 e. The Kier molecular flexibility index (Phi) is 3.23. The molecule has 3 rings (SSSR count). The topological polar surface area (TPSA) is 49.5 Å². The second-order valence-corrected chi connectivity index (χ2v) is 5.92. The van der Waals surface area contributed by atoms with Crippen LogP contribution in [0.25, 0.3) is 0 Å². The van der Waals surface area contributed by atoms with E-state index in [1.54, 1.807) is 6.07 Å². The van der Waals surface area contributed by atoms with E-state index in [0.717, 1.165) is 31.2 Å². The molecule has 3 N–H and O–H groups in total. The second kappa shape index (κ2) is 4.76. The summed E-state index contributed by atoms with van der Waals surface area (Å²) in [6, 6.07) is 5.71. The first kappa shape index (κ1) is 12.9. The number of benzene rings is 1. The number of piperidine rings is 1. The number of fused-ring (bicyclic) bond motifs is 2. The van der Waals surface area contributed by atoms with E-state index in [-0.39, 0.29) is 30.0 Å². The Morgan fingerprint density at radius 1 is 1.32 bits per heavy atom. The Morgan fingerprint density at radius 2 is 1.95 bits per heavy atom. The monoisotopic (exact) mass is 264 g/mol. The molecule has 2 fully saturated rings. The van der Waals surface area contributed by atoms with Gasteiger partial charge in [0.05, 0.1) is 11.8 Å². The Bertz CT molecular complexity index is 463. The predicted octanol–water partition coefficient (Wildman–Crippen LogP) is 2.34. The fraction of sp³-hybridized carbons (Fsp3) is 0.600. The lowest BCUT2D eigenvalue weighted by atomic mass is 9.98. The first-order chi connectivity index (χ1) is 9.06. The van der Waals surface area contributed by atoms with Gasteiger partial charge in [-0.25, -0.2) is 4.39 Å². The van der Waals surface area contributed by atoms with Crippen molar-refractivity contribution in [2.75, 3.05) is 4.90 Å². The molecule has 1 aromatic rings. The summed E-state index contributed by atoms with van der Waals surface area (Å²) in [5, 5.41) is 9.80.